The highest BCUT2D eigenvalue weighted by atomic mass is 35.5. The number of nitrogens with one attached hydrogen (secondary N) is 1. The first kappa shape index (κ1) is 10.4. The molecule has 6 nitrogen and oxygen atoms in total. The molecule has 3 N–H and O–H groups in total. The molecular weight excluding hydrogens is 234 g/mol. The van der Waals surface area contributed by atoms with Crippen molar-refractivity contribution in [3.05, 3.63) is 45.4 Å². The van der Waals surface area contributed by atoms with Crippen LogP contribution in [0.15, 0.2) is 33.6 Å². The zero-order valence-corrected chi connectivity index (χ0v) is 8.69. The highest BCUT2D eigenvalue weighted by Gasteiger charge is 2.28. The summed E-state index contributed by atoms with van der Waals surface area (Å²) in [6, 6.07) is 6.44. The molecule has 0 bridgehead atoms. The maximum atomic E-state index is 11.2. The van der Waals surface area contributed by atoms with E-state index in [1.165, 1.54) is 0 Å². The van der Waals surface area contributed by atoms with Crippen molar-refractivity contribution in [1.82, 2.24) is 5.27 Å². The lowest BCUT2D eigenvalue weighted by Crippen LogP contribution is -2.43. The van der Waals surface area contributed by atoms with Crippen molar-refractivity contribution in [2.75, 3.05) is 0 Å². The Balaban J connectivity index is 2.60. The standard InChI is InChI=1S/C9H6ClN3O3/c10-5-1-3-6(4-2-5)13-7(8(11)14)9(15)16-12-13/h1-4H,(H2-,11,12,14,15)/p+1. The van der Waals surface area contributed by atoms with Gasteiger partial charge in [-0.25, -0.2) is 4.79 Å². The predicted octanol–water partition coefficient (Wildman–Crippen LogP) is -0.00310. The van der Waals surface area contributed by atoms with Crippen LogP contribution >= 0.6 is 11.6 Å². The van der Waals surface area contributed by atoms with Crippen LogP contribution < -0.4 is 16.0 Å². The van der Waals surface area contributed by atoms with Crippen LogP contribution in [0.25, 0.3) is 5.69 Å². The molecule has 0 radical (unpaired) electrons. The van der Waals surface area contributed by atoms with E-state index in [4.69, 9.17) is 17.3 Å². The average molecular weight is 241 g/mol. The zero-order valence-electron chi connectivity index (χ0n) is 7.94. The summed E-state index contributed by atoms with van der Waals surface area (Å²) in [5, 5.41) is 2.81. The zero-order chi connectivity index (χ0) is 11.7. The van der Waals surface area contributed by atoms with E-state index in [2.05, 4.69) is 9.79 Å². The Hall–Kier alpha value is -2.08. The summed E-state index contributed by atoms with van der Waals surface area (Å²) in [7, 11) is 0. The van der Waals surface area contributed by atoms with Crippen LogP contribution in [0.3, 0.4) is 0 Å². The lowest BCUT2D eigenvalue weighted by atomic mass is 10.3. The summed E-state index contributed by atoms with van der Waals surface area (Å²) in [5.41, 5.74) is 4.49. The number of hydrogen-bond donors (Lipinski definition) is 2. The number of hydrogen-bond acceptors (Lipinski definition) is 3. The molecule has 2 aromatic rings. The number of aromatic amines is 1. The van der Waals surface area contributed by atoms with Crippen molar-refractivity contribution in [1.29, 1.82) is 0 Å². The molecule has 0 fully saturated rings. The number of benzene rings is 1. The number of aromatic nitrogens is 2. The second-order valence-electron chi connectivity index (χ2n) is 3.01. The Morgan fingerprint density at radius 1 is 1.38 bits per heavy atom. The van der Waals surface area contributed by atoms with Gasteiger partial charge in [-0.3, -0.25) is 9.32 Å². The van der Waals surface area contributed by atoms with E-state index < -0.39 is 11.5 Å². The molecule has 0 aliphatic carbocycles. The van der Waals surface area contributed by atoms with Gasteiger partial charge in [0, 0.05) is 17.2 Å². The molecule has 0 spiro atoms. The van der Waals surface area contributed by atoms with E-state index in [9.17, 15) is 9.59 Å². The van der Waals surface area contributed by atoms with Crippen LogP contribution in [0.4, 0.5) is 0 Å². The maximum Gasteiger partial charge on any atom is 0.441 e. The van der Waals surface area contributed by atoms with Gasteiger partial charge in [-0.15, -0.1) is 0 Å². The number of carbonyl (C=O) groups excluding carboxylic acids is 1. The number of rotatable bonds is 2. The van der Waals surface area contributed by atoms with Crippen LogP contribution in [0.1, 0.15) is 10.5 Å². The fourth-order valence-corrected chi connectivity index (χ4v) is 1.38. The molecule has 0 aliphatic rings. The molecule has 0 aliphatic heterocycles. The van der Waals surface area contributed by atoms with Crippen molar-refractivity contribution in [2.45, 2.75) is 0 Å². The monoisotopic (exact) mass is 240 g/mol. The number of primary amides is 1. The normalized spacial score (nSPS) is 10.3. The maximum absolute atomic E-state index is 11.2. The minimum absolute atomic E-state index is 0.276. The molecule has 16 heavy (non-hydrogen) atoms. The van der Waals surface area contributed by atoms with Gasteiger partial charge in [-0.2, -0.15) is 0 Å². The number of halogens is 1. The van der Waals surface area contributed by atoms with Gasteiger partial charge in [0.05, 0.1) is 0 Å². The summed E-state index contributed by atoms with van der Waals surface area (Å²) in [5.74, 6) is -0.870. The molecule has 1 heterocycles. The lowest BCUT2D eigenvalue weighted by Gasteiger charge is -1.91. The van der Waals surface area contributed by atoms with Crippen molar-refractivity contribution in [2.24, 2.45) is 5.73 Å². The highest BCUT2D eigenvalue weighted by molar-refractivity contribution is 6.30. The number of carbonyl (C=O) groups is 1. The SMILES string of the molecule is NC(=O)c1c(=O)o[nH][n+]1-c1ccc(Cl)cc1. The Bertz CT molecular complexity index is 585. The van der Waals surface area contributed by atoms with E-state index in [1.807, 2.05) is 0 Å². The molecule has 0 saturated carbocycles. The van der Waals surface area contributed by atoms with Gasteiger partial charge in [0.25, 0.3) is 0 Å². The summed E-state index contributed by atoms with van der Waals surface area (Å²) in [6.07, 6.45) is 0. The highest BCUT2D eigenvalue weighted by Crippen LogP contribution is 2.08. The Kier molecular flexibility index (Phi) is 2.49. The molecular formula is C9H7ClN3O3+. The van der Waals surface area contributed by atoms with E-state index in [0.29, 0.717) is 10.7 Å². The molecule has 82 valence electrons. The molecule has 0 saturated heterocycles. The minimum atomic E-state index is -0.870. The summed E-state index contributed by atoms with van der Waals surface area (Å²) >= 11 is 5.71. The first-order valence-electron chi connectivity index (χ1n) is 4.29. The number of nitrogens with zero attached hydrogens (tertiary/aromatic N) is 1. The first-order chi connectivity index (χ1) is 7.59. The van der Waals surface area contributed by atoms with Crippen LogP contribution in [-0.4, -0.2) is 11.2 Å². The Morgan fingerprint density at radius 2 is 2.00 bits per heavy atom. The number of H-pyrrole nitrogens is 1. The van der Waals surface area contributed by atoms with Crippen molar-refractivity contribution in [3.8, 4) is 5.69 Å². The molecule has 0 atom stereocenters. The van der Waals surface area contributed by atoms with Crippen molar-refractivity contribution in [3.63, 3.8) is 0 Å². The largest absolute Gasteiger partial charge is 0.441 e. The molecule has 0 unspecified atom stereocenters. The van der Waals surface area contributed by atoms with E-state index in [-0.39, 0.29) is 5.69 Å². The van der Waals surface area contributed by atoms with Crippen LogP contribution in [-0.2, 0) is 0 Å². The smallest absolute Gasteiger partial charge is 0.360 e. The van der Waals surface area contributed by atoms with Gasteiger partial charge in [0.2, 0.25) is 5.69 Å². The second-order valence-corrected chi connectivity index (χ2v) is 3.44. The summed E-state index contributed by atoms with van der Waals surface area (Å²) in [4.78, 5) is 22.2. The number of amides is 1. The molecule has 1 amide bonds. The van der Waals surface area contributed by atoms with Gasteiger partial charge in [0.15, 0.2) is 0 Å². The third-order valence-corrected chi connectivity index (χ3v) is 2.22. The molecule has 1 aromatic heterocycles. The van der Waals surface area contributed by atoms with Gasteiger partial charge in [-0.1, -0.05) is 11.6 Å². The lowest BCUT2D eigenvalue weighted by molar-refractivity contribution is -0.672. The quantitative estimate of drug-likeness (QED) is 0.724. The second kappa shape index (κ2) is 3.82. The number of nitrogens with two attached hydrogens (primary N) is 1. The molecule has 2 rings (SSSR count). The Morgan fingerprint density at radius 3 is 2.56 bits per heavy atom. The van der Waals surface area contributed by atoms with Gasteiger partial charge >= 0.3 is 17.2 Å². The minimum Gasteiger partial charge on any atom is -0.360 e. The third-order valence-electron chi connectivity index (χ3n) is 1.96. The van der Waals surface area contributed by atoms with E-state index >= 15 is 0 Å². The topological polar surface area (TPSA) is 93.0 Å². The van der Waals surface area contributed by atoms with Gasteiger partial charge < -0.3 is 5.73 Å². The summed E-state index contributed by atoms with van der Waals surface area (Å²) < 4.78 is 5.64. The first-order valence-corrected chi connectivity index (χ1v) is 4.66. The average Bonchev–Trinajstić information content (AvgIpc) is 2.61. The van der Waals surface area contributed by atoms with Crippen LogP contribution in [0.2, 0.25) is 5.02 Å². The predicted molar refractivity (Wildman–Crippen MR) is 54.4 cm³/mol. The van der Waals surface area contributed by atoms with Crippen LogP contribution in [0.5, 0.6) is 0 Å². The molecule has 1 aromatic carbocycles. The van der Waals surface area contributed by atoms with E-state index in [0.717, 1.165) is 4.68 Å². The van der Waals surface area contributed by atoms with Crippen molar-refractivity contribution >= 4 is 17.5 Å². The fourth-order valence-electron chi connectivity index (χ4n) is 1.26. The molecule has 7 heteroatoms. The Labute approximate surface area is 94.2 Å². The fraction of sp³-hybridized carbons (Fsp3) is 0. The van der Waals surface area contributed by atoms with Gasteiger partial charge in [0.1, 0.15) is 0 Å². The van der Waals surface area contributed by atoms with Crippen molar-refractivity contribution < 1.29 is 14.0 Å². The van der Waals surface area contributed by atoms with Gasteiger partial charge in [-0.05, 0) is 22.1 Å². The van der Waals surface area contributed by atoms with E-state index in [1.54, 1.807) is 24.3 Å². The third kappa shape index (κ3) is 1.70. The van der Waals surface area contributed by atoms with Crippen LogP contribution in [0, 0.1) is 0 Å². The summed E-state index contributed by atoms with van der Waals surface area (Å²) in [6.45, 7) is 0.